The van der Waals surface area contributed by atoms with Crippen molar-refractivity contribution >= 4 is 62.4 Å². The second-order valence-electron chi connectivity index (χ2n) is 8.74. The number of aryl methyl sites for hydroxylation is 2. The van der Waals surface area contributed by atoms with Gasteiger partial charge in [0.2, 0.25) is 17.7 Å². The third kappa shape index (κ3) is 4.17. The number of rotatable bonds is 5. The zero-order valence-electron chi connectivity index (χ0n) is 18.6. The Bertz CT molecular complexity index is 1220. The van der Waals surface area contributed by atoms with E-state index in [-0.39, 0.29) is 35.3 Å². The summed E-state index contributed by atoms with van der Waals surface area (Å²) in [6.45, 7) is 3.96. The molecule has 1 aliphatic heterocycles. The summed E-state index contributed by atoms with van der Waals surface area (Å²) in [5, 5.41) is 3.00. The molecule has 0 spiro atoms. The Hall–Kier alpha value is -2.71. The maximum atomic E-state index is 12.9. The average Bonchev–Trinajstić information content (AvgIpc) is 3.33. The van der Waals surface area contributed by atoms with Crippen molar-refractivity contribution in [3.63, 3.8) is 0 Å². The number of benzene rings is 2. The number of carbonyl (C=O) groups excluding carboxylic acids is 3. The number of aromatic nitrogens is 1. The number of hydrogen-bond acceptors (Lipinski definition) is 6. The first-order valence-electron chi connectivity index (χ1n) is 11.2. The first-order chi connectivity index (χ1) is 15.9. The van der Waals surface area contributed by atoms with Crippen molar-refractivity contribution in [2.75, 3.05) is 16.0 Å². The monoisotopic (exact) mass is 479 g/mol. The predicted molar refractivity (Wildman–Crippen MR) is 133 cm³/mol. The van der Waals surface area contributed by atoms with Crippen LogP contribution < -0.4 is 10.2 Å². The lowest BCUT2D eigenvalue weighted by molar-refractivity contribution is -0.122. The third-order valence-corrected chi connectivity index (χ3v) is 8.69. The van der Waals surface area contributed by atoms with Gasteiger partial charge in [-0.3, -0.25) is 19.3 Å². The summed E-state index contributed by atoms with van der Waals surface area (Å²) in [7, 11) is 0. The summed E-state index contributed by atoms with van der Waals surface area (Å²) < 4.78 is 1.69. The maximum absolute atomic E-state index is 12.9. The van der Waals surface area contributed by atoms with E-state index >= 15 is 0 Å². The molecule has 2 aromatic carbocycles. The molecule has 2 fully saturated rings. The van der Waals surface area contributed by atoms with Gasteiger partial charge in [0.1, 0.15) is 0 Å². The van der Waals surface area contributed by atoms with Gasteiger partial charge < -0.3 is 5.32 Å². The zero-order valence-corrected chi connectivity index (χ0v) is 20.2. The lowest BCUT2D eigenvalue weighted by Crippen LogP contribution is -2.30. The molecule has 1 aliphatic carbocycles. The van der Waals surface area contributed by atoms with Crippen LogP contribution in [0.1, 0.15) is 36.8 Å². The fourth-order valence-corrected chi connectivity index (χ4v) is 6.73. The molecule has 6 nitrogen and oxygen atoms in total. The van der Waals surface area contributed by atoms with Crippen LogP contribution in [0.2, 0.25) is 0 Å². The van der Waals surface area contributed by atoms with E-state index in [4.69, 9.17) is 0 Å². The number of carbonyl (C=O) groups is 3. The van der Waals surface area contributed by atoms with Gasteiger partial charge in [0.05, 0.1) is 33.5 Å². The molecular weight excluding hydrogens is 454 g/mol. The van der Waals surface area contributed by atoms with Gasteiger partial charge in [-0.05, 0) is 56.0 Å². The second kappa shape index (κ2) is 8.91. The van der Waals surface area contributed by atoms with Gasteiger partial charge in [-0.2, -0.15) is 0 Å². The summed E-state index contributed by atoms with van der Waals surface area (Å²) in [6, 6.07) is 11.5. The van der Waals surface area contributed by atoms with Gasteiger partial charge in [0, 0.05) is 5.69 Å². The Morgan fingerprint density at radius 1 is 1.09 bits per heavy atom. The van der Waals surface area contributed by atoms with E-state index in [1.54, 1.807) is 6.07 Å². The molecule has 170 valence electrons. The van der Waals surface area contributed by atoms with Gasteiger partial charge in [-0.25, -0.2) is 4.98 Å². The van der Waals surface area contributed by atoms with Gasteiger partial charge in [-0.15, -0.1) is 11.3 Å². The normalized spacial score (nSPS) is 20.4. The highest BCUT2D eigenvalue weighted by Crippen LogP contribution is 2.41. The lowest BCUT2D eigenvalue weighted by atomic mass is 9.81. The third-order valence-electron chi connectivity index (χ3n) is 6.52. The number of nitrogens with one attached hydrogen (secondary N) is 1. The number of thiazole rings is 1. The predicted octanol–water partition coefficient (Wildman–Crippen LogP) is 5.32. The number of thioether (sulfide) groups is 1. The average molecular weight is 480 g/mol. The Morgan fingerprint density at radius 3 is 2.42 bits per heavy atom. The van der Waals surface area contributed by atoms with Gasteiger partial charge in [0.25, 0.3) is 0 Å². The minimum atomic E-state index is -0.162. The Kier molecular flexibility index (Phi) is 5.97. The molecule has 1 N–H and O–H groups in total. The van der Waals surface area contributed by atoms with Crippen molar-refractivity contribution in [3.8, 4) is 0 Å². The molecule has 3 amide bonds. The van der Waals surface area contributed by atoms with Crippen LogP contribution in [0.4, 0.5) is 11.4 Å². The van der Waals surface area contributed by atoms with E-state index < -0.39 is 0 Å². The first kappa shape index (κ1) is 22.1. The standard InChI is InChI=1S/C25H25N3O3S2/c1-14-6-5-7-15(2)22(14)27-21(29)13-32-25-26-19-11-10-16(12-20(19)33-25)28-23(30)17-8-3-4-9-18(17)24(28)31/h5-7,10-12,17-18H,3-4,8-9,13H2,1-2H3,(H,27,29)/t17-,18-/m0/s1. The number of imide groups is 1. The molecule has 5 rings (SSSR count). The molecule has 1 saturated carbocycles. The highest BCUT2D eigenvalue weighted by atomic mass is 32.2. The number of nitrogens with zero attached hydrogens (tertiary/aromatic N) is 2. The SMILES string of the molecule is Cc1cccc(C)c1NC(=O)CSc1nc2ccc(N3C(=O)[C@H]4CCCC[C@@H]4C3=O)cc2s1. The summed E-state index contributed by atoms with van der Waals surface area (Å²) in [5.74, 6) is -0.270. The molecular formula is C25H25N3O3S2. The van der Waals surface area contributed by atoms with Crippen molar-refractivity contribution < 1.29 is 14.4 Å². The van der Waals surface area contributed by atoms with Crippen LogP contribution in [-0.2, 0) is 14.4 Å². The van der Waals surface area contributed by atoms with E-state index in [0.717, 1.165) is 57.1 Å². The van der Waals surface area contributed by atoms with Crippen LogP contribution in [0.3, 0.4) is 0 Å². The van der Waals surface area contributed by atoms with E-state index in [9.17, 15) is 14.4 Å². The molecule has 1 aromatic heterocycles. The molecule has 3 aromatic rings. The highest BCUT2D eigenvalue weighted by molar-refractivity contribution is 8.01. The van der Waals surface area contributed by atoms with Crippen LogP contribution in [-0.4, -0.2) is 28.5 Å². The van der Waals surface area contributed by atoms with Gasteiger partial charge >= 0.3 is 0 Å². The zero-order chi connectivity index (χ0) is 23.1. The molecule has 8 heteroatoms. The van der Waals surface area contributed by atoms with E-state index in [1.807, 2.05) is 44.2 Å². The van der Waals surface area contributed by atoms with Crippen LogP contribution in [0.15, 0.2) is 40.7 Å². The molecule has 1 saturated heterocycles. The second-order valence-corrected chi connectivity index (χ2v) is 11.0. The Morgan fingerprint density at radius 2 is 1.76 bits per heavy atom. The lowest BCUT2D eigenvalue weighted by Gasteiger charge is -2.19. The number of para-hydroxylation sites is 1. The molecule has 0 bridgehead atoms. The smallest absolute Gasteiger partial charge is 0.237 e. The van der Waals surface area contributed by atoms with Crippen LogP contribution >= 0.6 is 23.1 Å². The van der Waals surface area contributed by atoms with Crippen molar-refractivity contribution in [1.82, 2.24) is 4.98 Å². The number of amides is 3. The maximum Gasteiger partial charge on any atom is 0.237 e. The van der Waals surface area contributed by atoms with E-state index in [0.29, 0.717) is 5.69 Å². The van der Waals surface area contributed by atoms with Crippen molar-refractivity contribution in [3.05, 3.63) is 47.5 Å². The summed E-state index contributed by atoms with van der Waals surface area (Å²) >= 11 is 2.86. The quantitative estimate of drug-likeness (QED) is 0.396. The van der Waals surface area contributed by atoms with Crippen LogP contribution in [0, 0.1) is 25.7 Å². The van der Waals surface area contributed by atoms with Crippen molar-refractivity contribution in [2.45, 2.75) is 43.9 Å². The number of fused-ring (bicyclic) bond motifs is 2. The fourth-order valence-electron chi connectivity index (χ4n) is 4.82. The molecule has 33 heavy (non-hydrogen) atoms. The van der Waals surface area contributed by atoms with Crippen LogP contribution in [0.25, 0.3) is 10.2 Å². The Balaban J connectivity index is 1.29. The first-order valence-corrected chi connectivity index (χ1v) is 13.0. The largest absolute Gasteiger partial charge is 0.325 e. The Labute approximate surface area is 200 Å². The topological polar surface area (TPSA) is 79.4 Å². The highest BCUT2D eigenvalue weighted by Gasteiger charge is 2.48. The minimum Gasteiger partial charge on any atom is -0.325 e. The van der Waals surface area contributed by atoms with Gasteiger partial charge in [-0.1, -0.05) is 42.8 Å². The van der Waals surface area contributed by atoms with E-state index in [2.05, 4.69) is 10.3 Å². The minimum absolute atomic E-state index is 0.0636. The van der Waals surface area contributed by atoms with Crippen molar-refractivity contribution in [2.24, 2.45) is 11.8 Å². The molecule has 2 heterocycles. The molecule has 0 unspecified atom stereocenters. The van der Waals surface area contributed by atoms with Gasteiger partial charge in [0.15, 0.2) is 4.34 Å². The summed E-state index contributed by atoms with van der Waals surface area (Å²) in [5.41, 5.74) is 4.36. The summed E-state index contributed by atoms with van der Waals surface area (Å²) in [4.78, 5) is 44.3. The number of hydrogen-bond donors (Lipinski definition) is 1. The number of anilines is 2. The molecule has 2 aliphatic rings. The summed E-state index contributed by atoms with van der Waals surface area (Å²) in [6.07, 6.45) is 3.64. The van der Waals surface area contributed by atoms with Crippen molar-refractivity contribution in [1.29, 1.82) is 0 Å². The molecule has 0 radical (unpaired) electrons. The van der Waals surface area contributed by atoms with Crippen LogP contribution in [0.5, 0.6) is 0 Å². The fraction of sp³-hybridized carbons (Fsp3) is 0.360. The van der Waals surface area contributed by atoms with E-state index in [1.165, 1.54) is 28.0 Å². The molecule has 2 atom stereocenters.